The molecule has 2 heterocycles. The van der Waals surface area contributed by atoms with E-state index in [0.29, 0.717) is 18.0 Å². The number of amides is 2. The van der Waals surface area contributed by atoms with Crippen LogP contribution in [0.25, 0.3) is 0 Å². The van der Waals surface area contributed by atoms with Gasteiger partial charge in [0.1, 0.15) is 29.7 Å². The van der Waals surface area contributed by atoms with Gasteiger partial charge in [0.25, 0.3) is 5.91 Å². The maximum atomic E-state index is 13.1. The molecular weight excluding hydrogens is 375 g/mol. The summed E-state index contributed by atoms with van der Waals surface area (Å²) in [6.07, 6.45) is 2.10. The normalized spacial score (nSPS) is 14.0. The molecule has 0 saturated carbocycles. The highest BCUT2D eigenvalue weighted by atomic mass is 35.5. The zero-order valence-corrected chi connectivity index (χ0v) is 15.2. The molecule has 0 saturated heterocycles. The van der Waals surface area contributed by atoms with Crippen LogP contribution in [0.5, 0.6) is 5.75 Å². The third-order valence-corrected chi connectivity index (χ3v) is 4.12. The molecule has 0 radical (unpaired) electrons. The van der Waals surface area contributed by atoms with E-state index in [2.05, 4.69) is 15.4 Å². The van der Waals surface area contributed by atoms with Crippen LogP contribution >= 0.6 is 11.6 Å². The third-order valence-electron chi connectivity index (χ3n) is 3.83. The van der Waals surface area contributed by atoms with E-state index < -0.39 is 11.7 Å². The largest absolute Gasteiger partial charge is 0.489 e. The Bertz CT molecular complexity index is 902. The molecule has 3 rings (SSSR count). The number of carbonyl (C=O) groups excluding carboxylic acids is 2. The van der Waals surface area contributed by atoms with Gasteiger partial charge in [-0.3, -0.25) is 9.59 Å². The Hall–Kier alpha value is -3.00. The maximum Gasteiger partial charge on any atom is 0.273 e. The van der Waals surface area contributed by atoms with Gasteiger partial charge in [0.05, 0.1) is 5.02 Å². The van der Waals surface area contributed by atoms with E-state index in [9.17, 15) is 14.0 Å². The number of rotatable bonds is 5. The molecule has 2 amide bonds. The molecular formula is C18H16ClFN4O3. The molecule has 0 spiro atoms. The SMILES string of the molecule is CN1N=C(C(=O)Nc2ccc(COc3ccc(F)c(Cl)c3)cn2)CCC1=O. The van der Waals surface area contributed by atoms with Crippen molar-refractivity contribution < 1.29 is 18.7 Å². The van der Waals surface area contributed by atoms with Crippen molar-refractivity contribution in [3.8, 4) is 5.75 Å². The average molecular weight is 391 g/mol. The van der Waals surface area contributed by atoms with E-state index in [1.165, 1.54) is 25.2 Å². The number of nitrogens with one attached hydrogen (secondary N) is 1. The molecule has 0 bridgehead atoms. The van der Waals surface area contributed by atoms with Gasteiger partial charge in [-0.05, 0) is 18.2 Å². The predicted octanol–water partition coefficient (Wildman–Crippen LogP) is 3.00. The highest BCUT2D eigenvalue weighted by molar-refractivity contribution is 6.43. The number of nitrogens with zero attached hydrogens (tertiary/aromatic N) is 3. The van der Waals surface area contributed by atoms with Gasteiger partial charge in [-0.15, -0.1) is 0 Å². The third kappa shape index (κ3) is 4.79. The molecule has 7 nitrogen and oxygen atoms in total. The number of anilines is 1. The van der Waals surface area contributed by atoms with Crippen molar-refractivity contribution in [2.45, 2.75) is 19.4 Å². The summed E-state index contributed by atoms with van der Waals surface area (Å²) in [4.78, 5) is 27.7. The summed E-state index contributed by atoms with van der Waals surface area (Å²) < 4.78 is 18.7. The molecule has 2 aromatic rings. The van der Waals surface area contributed by atoms with Gasteiger partial charge >= 0.3 is 0 Å². The first-order chi connectivity index (χ1) is 12.9. The van der Waals surface area contributed by atoms with Crippen LogP contribution in [0.1, 0.15) is 18.4 Å². The molecule has 0 aliphatic carbocycles. The first-order valence-electron chi connectivity index (χ1n) is 8.10. The van der Waals surface area contributed by atoms with Crippen molar-refractivity contribution in [1.82, 2.24) is 9.99 Å². The van der Waals surface area contributed by atoms with Crippen molar-refractivity contribution in [3.05, 3.63) is 52.9 Å². The number of carbonyl (C=O) groups is 2. The van der Waals surface area contributed by atoms with Gasteiger partial charge in [-0.25, -0.2) is 14.4 Å². The number of hydrogen-bond acceptors (Lipinski definition) is 5. The van der Waals surface area contributed by atoms with Gasteiger partial charge < -0.3 is 10.1 Å². The summed E-state index contributed by atoms with van der Waals surface area (Å²) >= 11 is 5.71. The number of benzene rings is 1. The Kier molecular flexibility index (Phi) is 5.66. The fraction of sp³-hybridized carbons (Fsp3) is 0.222. The Morgan fingerprint density at radius 1 is 1.33 bits per heavy atom. The standard InChI is InChI=1S/C18H16ClFN4O3/c1-24-17(25)7-5-15(23-24)18(26)22-16-6-2-11(9-21-16)10-27-12-3-4-14(20)13(19)8-12/h2-4,6,8-9H,5,7,10H2,1H3,(H,21,22,26). The van der Waals surface area contributed by atoms with E-state index >= 15 is 0 Å². The second kappa shape index (κ2) is 8.13. The first-order valence-corrected chi connectivity index (χ1v) is 8.48. The number of halogens is 2. The van der Waals surface area contributed by atoms with Crippen LogP contribution in [0.2, 0.25) is 5.02 Å². The topological polar surface area (TPSA) is 83.9 Å². The number of ether oxygens (including phenoxy) is 1. The lowest BCUT2D eigenvalue weighted by atomic mass is 10.1. The van der Waals surface area contributed by atoms with Crippen LogP contribution in [-0.2, 0) is 16.2 Å². The lowest BCUT2D eigenvalue weighted by Gasteiger charge is -2.18. The molecule has 1 aliphatic heterocycles. The van der Waals surface area contributed by atoms with E-state index in [-0.39, 0.29) is 29.7 Å². The Morgan fingerprint density at radius 3 is 2.81 bits per heavy atom. The summed E-state index contributed by atoms with van der Waals surface area (Å²) in [7, 11) is 1.51. The predicted molar refractivity (Wildman–Crippen MR) is 98.0 cm³/mol. The molecule has 1 aliphatic rings. The number of hydrazone groups is 1. The fourth-order valence-corrected chi connectivity index (χ4v) is 2.51. The van der Waals surface area contributed by atoms with E-state index in [4.69, 9.17) is 16.3 Å². The van der Waals surface area contributed by atoms with Crippen molar-refractivity contribution in [2.24, 2.45) is 5.10 Å². The second-order valence-corrected chi connectivity index (χ2v) is 6.24. The highest BCUT2D eigenvalue weighted by Gasteiger charge is 2.22. The Morgan fingerprint density at radius 2 is 2.15 bits per heavy atom. The van der Waals surface area contributed by atoms with Gasteiger partial charge in [0.2, 0.25) is 5.91 Å². The number of aromatic nitrogens is 1. The Balaban J connectivity index is 1.57. The average Bonchev–Trinajstić information content (AvgIpc) is 2.66. The molecule has 1 aromatic heterocycles. The summed E-state index contributed by atoms with van der Waals surface area (Å²) in [6, 6.07) is 7.48. The molecule has 0 fully saturated rings. The van der Waals surface area contributed by atoms with Crippen LogP contribution < -0.4 is 10.1 Å². The summed E-state index contributed by atoms with van der Waals surface area (Å²) in [5, 5.41) is 7.75. The molecule has 140 valence electrons. The van der Waals surface area contributed by atoms with Crippen LogP contribution in [0.4, 0.5) is 10.2 Å². The summed E-state index contributed by atoms with van der Waals surface area (Å²) in [6.45, 7) is 0.211. The summed E-state index contributed by atoms with van der Waals surface area (Å²) in [5.74, 6) is -0.240. The smallest absolute Gasteiger partial charge is 0.273 e. The molecule has 0 atom stereocenters. The van der Waals surface area contributed by atoms with Crippen molar-refractivity contribution >= 4 is 34.9 Å². The van der Waals surface area contributed by atoms with Gasteiger partial charge in [0, 0.05) is 37.7 Å². The summed E-state index contributed by atoms with van der Waals surface area (Å²) in [5.41, 5.74) is 1.04. The van der Waals surface area contributed by atoms with E-state index in [1.807, 2.05) is 0 Å². The Labute approximate surface area is 159 Å². The van der Waals surface area contributed by atoms with Crippen molar-refractivity contribution in [2.75, 3.05) is 12.4 Å². The second-order valence-electron chi connectivity index (χ2n) is 5.83. The first kappa shape index (κ1) is 18.8. The van der Waals surface area contributed by atoms with Crippen LogP contribution in [0, 0.1) is 5.82 Å². The molecule has 27 heavy (non-hydrogen) atoms. The quantitative estimate of drug-likeness (QED) is 0.850. The minimum absolute atomic E-state index is 0.0124. The zero-order chi connectivity index (χ0) is 19.4. The zero-order valence-electron chi connectivity index (χ0n) is 14.4. The van der Waals surface area contributed by atoms with E-state index in [1.54, 1.807) is 18.3 Å². The molecule has 1 aromatic carbocycles. The van der Waals surface area contributed by atoms with Crippen LogP contribution in [0.15, 0.2) is 41.6 Å². The lowest BCUT2D eigenvalue weighted by Crippen LogP contribution is -2.34. The monoisotopic (exact) mass is 390 g/mol. The number of hydrogen-bond donors (Lipinski definition) is 1. The van der Waals surface area contributed by atoms with Gasteiger partial charge in [-0.2, -0.15) is 5.10 Å². The van der Waals surface area contributed by atoms with Crippen LogP contribution in [-0.4, -0.2) is 34.6 Å². The highest BCUT2D eigenvalue weighted by Crippen LogP contribution is 2.22. The van der Waals surface area contributed by atoms with Gasteiger partial charge in [0.15, 0.2) is 0 Å². The maximum absolute atomic E-state index is 13.1. The molecule has 9 heteroatoms. The minimum Gasteiger partial charge on any atom is -0.489 e. The fourth-order valence-electron chi connectivity index (χ4n) is 2.34. The van der Waals surface area contributed by atoms with Crippen molar-refractivity contribution in [1.29, 1.82) is 0 Å². The number of pyridine rings is 1. The molecule has 0 unspecified atom stereocenters. The van der Waals surface area contributed by atoms with E-state index in [0.717, 1.165) is 10.6 Å². The molecule has 1 N–H and O–H groups in total. The van der Waals surface area contributed by atoms with Crippen LogP contribution in [0.3, 0.4) is 0 Å². The minimum atomic E-state index is -0.510. The lowest BCUT2D eigenvalue weighted by molar-refractivity contribution is -0.130. The van der Waals surface area contributed by atoms with Gasteiger partial charge in [-0.1, -0.05) is 17.7 Å². The van der Waals surface area contributed by atoms with Crippen molar-refractivity contribution in [3.63, 3.8) is 0 Å².